The Labute approximate surface area is 301 Å². The lowest BCUT2D eigenvalue weighted by atomic mass is 9.88. The zero-order valence-corrected chi connectivity index (χ0v) is 29.2. The molecule has 0 spiro atoms. The molecule has 0 saturated carbocycles. The maximum Gasteiger partial charge on any atom is 0.113 e. The molecular weight excluding hydrogens is 641 g/mol. The number of hydrogen-bond donors (Lipinski definition) is 2. The normalized spacial score (nSPS) is 11.5. The minimum atomic E-state index is 0.795. The Balaban J connectivity index is 1.12. The summed E-state index contributed by atoms with van der Waals surface area (Å²) < 4.78 is 9.82. The second kappa shape index (κ2) is 13.0. The van der Waals surface area contributed by atoms with Crippen LogP contribution in [-0.2, 0) is 0 Å². The van der Waals surface area contributed by atoms with Crippen molar-refractivity contribution in [2.45, 2.75) is 19.8 Å². The van der Waals surface area contributed by atoms with E-state index in [9.17, 15) is 0 Å². The van der Waals surface area contributed by atoms with Crippen LogP contribution in [0.15, 0.2) is 146 Å². The number of hydrogen-bond acceptors (Lipinski definition) is 5. The number of anilines is 2. The molecule has 246 valence electrons. The Kier molecular flexibility index (Phi) is 7.90. The van der Waals surface area contributed by atoms with E-state index >= 15 is 0 Å². The largest absolute Gasteiger partial charge is 0.398 e. The van der Waals surface area contributed by atoms with Crippen molar-refractivity contribution in [2.75, 3.05) is 17.6 Å². The SMILES string of the molecule is CCCCNc1ccc(-c2ccc(-c3c4ccccc4c(-c4ccc(-c5ccc(N)c6ccccc56)cc4)c4nsnc34)cc2)c2ccccc12. The van der Waals surface area contributed by atoms with Gasteiger partial charge in [-0.25, -0.2) is 0 Å². The van der Waals surface area contributed by atoms with Gasteiger partial charge in [0.2, 0.25) is 0 Å². The van der Waals surface area contributed by atoms with E-state index in [0.717, 1.165) is 68.3 Å². The lowest BCUT2D eigenvalue weighted by Gasteiger charge is -2.16. The van der Waals surface area contributed by atoms with Crippen molar-refractivity contribution in [1.29, 1.82) is 0 Å². The smallest absolute Gasteiger partial charge is 0.113 e. The summed E-state index contributed by atoms with van der Waals surface area (Å²) in [5, 5.41) is 10.7. The molecule has 0 fully saturated rings. The topological polar surface area (TPSA) is 63.8 Å². The van der Waals surface area contributed by atoms with E-state index < -0.39 is 0 Å². The lowest BCUT2D eigenvalue weighted by molar-refractivity contribution is 0.835. The average Bonchev–Trinajstić information content (AvgIpc) is 3.67. The Morgan fingerprint density at radius 3 is 1.49 bits per heavy atom. The van der Waals surface area contributed by atoms with Gasteiger partial charge in [0.1, 0.15) is 11.0 Å². The van der Waals surface area contributed by atoms with E-state index in [1.807, 2.05) is 12.1 Å². The standard InChI is InChI=1S/C46H36N4S/c1-2-3-28-48-42-27-25-34(36-11-5-7-13-38(36)42)30-18-22-32(23-19-30)44-40-15-9-8-14-39(40)43(45-46(44)50-51-49-45)31-20-16-29(17-21-31)33-24-26-41(47)37-12-6-4-10-35(33)37/h4-27,48H,2-3,28,47H2,1H3. The zero-order chi connectivity index (χ0) is 34.3. The van der Waals surface area contributed by atoms with Gasteiger partial charge in [0, 0.05) is 39.8 Å². The van der Waals surface area contributed by atoms with Crippen LogP contribution >= 0.6 is 11.7 Å². The Morgan fingerprint density at radius 2 is 0.941 bits per heavy atom. The number of benzene rings is 8. The molecule has 9 rings (SSSR count). The molecule has 51 heavy (non-hydrogen) atoms. The molecule has 0 aliphatic rings. The molecule has 0 atom stereocenters. The molecule has 0 amide bonds. The van der Waals surface area contributed by atoms with E-state index in [1.54, 1.807) is 0 Å². The molecule has 5 heteroatoms. The number of nitrogen functional groups attached to an aromatic ring is 1. The molecule has 0 aliphatic heterocycles. The van der Waals surface area contributed by atoms with E-state index in [-0.39, 0.29) is 0 Å². The number of fused-ring (bicyclic) bond motifs is 4. The summed E-state index contributed by atoms with van der Waals surface area (Å²) in [5.74, 6) is 0. The van der Waals surface area contributed by atoms with Crippen LogP contribution in [0.4, 0.5) is 11.4 Å². The van der Waals surface area contributed by atoms with Crippen molar-refractivity contribution in [3.05, 3.63) is 146 Å². The predicted molar refractivity (Wildman–Crippen MR) is 219 cm³/mol. The van der Waals surface area contributed by atoms with Crippen LogP contribution in [0.25, 0.3) is 87.9 Å². The number of nitrogens with one attached hydrogen (secondary N) is 1. The van der Waals surface area contributed by atoms with Gasteiger partial charge in [-0.05, 0) is 73.5 Å². The van der Waals surface area contributed by atoms with E-state index in [2.05, 4.69) is 146 Å². The molecule has 0 aliphatic carbocycles. The molecule has 0 radical (unpaired) electrons. The molecule has 0 unspecified atom stereocenters. The highest BCUT2D eigenvalue weighted by Crippen LogP contribution is 2.44. The van der Waals surface area contributed by atoms with Crippen molar-refractivity contribution in [3.8, 4) is 44.5 Å². The Morgan fingerprint density at radius 1 is 0.490 bits per heavy atom. The van der Waals surface area contributed by atoms with Gasteiger partial charge in [-0.15, -0.1) is 0 Å². The van der Waals surface area contributed by atoms with Gasteiger partial charge in [0.15, 0.2) is 0 Å². The molecule has 0 saturated heterocycles. The second-order valence-electron chi connectivity index (χ2n) is 13.1. The molecule has 1 heterocycles. The van der Waals surface area contributed by atoms with Crippen LogP contribution < -0.4 is 11.1 Å². The number of unbranched alkanes of at least 4 members (excludes halogenated alkanes) is 1. The monoisotopic (exact) mass is 676 g/mol. The summed E-state index contributed by atoms with van der Waals surface area (Å²) in [5.41, 5.74) is 19.4. The highest BCUT2D eigenvalue weighted by atomic mass is 32.1. The van der Waals surface area contributed by atoms with Crippen molar-refractivity contribution < 1.29 is 0 Å². The van der Waals surface area contributed by atoms with Crippen LogP contribution in [0.5, 0.6) is 0 Å². The molecule has 4 nitrogen and oxygen atoms in total. The van der Waals surface area contributed by atoms with Crippen molar-refractivity contribution in [2.24, 2.45) is 0 Å². The van der Waals surface area contributed by atoms with Gasteiger partial charge in [-0.1, -0.05) is 147 Å². The minimum absolute atomic E-state index is 0.795. The maximum atomic E-state index is 6.31. The molecule has 9 aromatic rings. The summed E-state index contributed by atoms with van der Waals surface area (Å²) in [7, 11) is 0. The lowest BCUT2D eigenvalue weighted by Crippen LogP contribution is -2.01. The first kappa shape index (κ1) is 31.0. The van der Waals surface area contributed by atoms with Gasteiger partial charge in [-0.3, -0.25) is 0 Å². The van der Waals surface area contributed by atoms with Crippen molar-refractivity contribution in [3.63, 3.8) is 0 Å². The summed E-state index contributed by atoms with van der Waals surface area (Å²) in [6, 6.07) is 52.1. The minimum Gasteiger partial charge on any atom is -0.398 e. The van der Waals surface area contributed by atoms with Crippen LogP contribution in [0.1, 0.15) is 19.8 Å². The summed E-state index contributed by atoms with van der Waals surface area (Å²) in [4.78, 5) is 0. The molecule has 3 N–H and O–H groups in total. The fourth-order valence-electron chi connectivity index (χ4n) is 7.59. The van der Waals surface area contributed by atoms with Gasteiger partial charge < -0.3 is 11.1 Å². The first-order valence-corrected chi connectivity index (χ1v) is 18.3. The fourth-order valence-corrected chi connectivity index (χ4v) is 8.15. The predicted octanol–water partition coefficient (Wildman–Crippen LogP) is 12.6. The Hall–Kier alpha value is -6.04. The third-order valence-corrected chi connectivity index (χ3v) is 10.7. The van der Waals surface area contributed by atoms with E-state index in [4.69, 9.17) is 14.5 Å². The average molecular weight is 677 g/mol. The van der Waals surface area contributed by atoms with Crippen LogP contribution in [0.3, 0.4) is 0 Å². The highest BCUT2D eigenvalue weighted by Gasteiger charge is 2.20. The van der Waals surface area contributed by atoms with Gasteiger partial charge in [-0.2, -0.15) is 8.75 Å². The van der Waals surface area contributed by atoms with E-state index in [1.165, 1.54) is 62.1 Å². The fraction of sp³-hybridized carbons (Fsp3) is 0.0870. The first-order valence-electron chi connectivity index (χ1n) is 17.6. The quantitative estimate of drug-likeness (QED) is 0.124. The Bertz CT molecular complexity index is 2710. The van der Waals surface area contributed by atoms with Crippen LogP contribution in [0, 0.1) is 0 Å². The summed E-state index contributed by atoms with van der Waals surface area (Å²) in [6.45, 7) is 3.21. The highest BCUT2D eigenvalue weighted by molar-refractivity contribution is 7.00. The third-order valence-electron chi connectivity index (χ3n) is 10.1. The number of nitrogens with two attached hydrogens (primary N) is 1. The molecular formula is C46H36N4S. The van der Waals surface area contributed by atoms with Gasteiger partial charge in [0.05, 0.1) is 11.7 Å². The summed E-state index contributed by atoms with van der Waals surface area (Å²) >= 11 is 1.28. The van der Waals surface area contributed by atoms with Crippen LogP contribution in [0.2, 0.25) is 0 Å². The van der Waals surface area contributed by atoms with Crippen molar-refractivity contribution in [1.82, 2.24) is 8.75 Å². The van der Waals surface area contributed by atoms with Crippen molar-refractivity contribution >= 4 is 66.5 Å². The zero-order valence-electron chi connectivity index (χ0n) is 28.4. The number of nitrogens with zero attached hydrogens (tertiary/aromatic N) is 2. The second-order valence-corrected chi connectivity index (χ2v) is 13.7. The number of aromatic nitrogens is 2. The van der Waals surface area contributed by atoms with Crippen LogP contribution in [-0.4, -0.2) is 15.3 Å². The number of rotatable bonds is 8. The summed E-state index contributed by atoms with van der Waals surface area (Å²) in [6.07, 6.45) is 2.33. The maximum absolute atomic E-state index is 6.31. The molecule has 1 aromatic heterocycles. The van der Waals surface area contributed by atoms with Gasteiger partial charge >= 0.3 is 0 Å². The molecule has 0 bridgehead atoms. The first-order chi connectivity index (χ1) is 25.2. The third kappa shape index (κ3) is 5.38. The van der Waals surface area contributed by atoms with E-state index in [0.29, 0.717) is 0 Å². The molecule has 8 aromatic carbocycles. The van der Waals surface area contributed by atoms with Gasteiger partial charge in [0.25, 0.3) is 0 Å².